The van der Waals surface area contributed by atoms with Crippen LogP contribution in [0.3, 0.4) is 0 Å². The number of aliphatic imine (C=N–C) groups is 2. The lowest BCUT2D eigenvalue weighted by Gasteiger charge is -2.17. The molecule has 0 saturated carbocycles. The maximum Gasteiger partial charge on any atom is 0.340 e. The van der Waals surface area contributed by atoms with Gasteiger partial charge in [-0.15, -0.1) is 0 Å². The summed E-state index contributed by atoms with van der Waals surface area (Å²) < 4.78 is 20.5. The van der Waals surface area contributed by atoms with Crippen LogP contribution in [-0.2, 0) is 28.5 Å². The topological polar surface area (TPSA) is 130 Å². The molecule has 1 aliphatic rings. The highest BCUT2D eigenvalue weighted by molar-refractivity contribution is 6.39. The largest absolute Gasteiger partial charge is 0.462 e. The molecule has 2 aromatic carbocycles. The van der Waals surface area contributed by atoms with Gasteiger partial charge in [-0.2, -0.15) is 0 Å². The van der Waals surface area contributed by atoms with Crippen molar-refractivity contribution in [3.63, 3.8) is 0 Å². The van der Waals surface area contributed by atoms with E-state index >= 15 is 0 Å². The predicted octanol–water partition coefficient (Wildman–Crippen LogP) is 4.88. The van der Waals surface area contributed by atoms with Gasteiger partial charge in [0.2, 0.25) is 0 Å². The molecule has 10 heteroatoms. The highest BCUT2D eigenvalue weighted by Gasteiger charge is 2.28. The molecule has 0 aromatic heterocycles. The summed E-state index contributed by atoms with van der Waals surface area (Å²) in [5.41, 5.74) is 2.00. The minimum atomic E-state index is -0.658. The van der Waals surface area contributed by atoms with E-state index in [4.69, 9.17) is 18.9 Å². The van der Waals surface area contributed by atoms with Crippen LogP contribution in [0.5, 0.6) is 0 Å². The molecular weight excluding hydrogens is 516 g/mol. The standard InChI is InChI=1S/C30H30N2O8/c1-5-37-27(33)19-9-13-21(14-10-19)31-25-17-24(30(36)40-8-4)26(18-23(25)29(35)39-7-3)32-22-15-11-20(12-16-22)28(34)38-6-2/h9-18H,5-8H2,1-4H3. The minimum absolute atomic E-state index is 0.0752. The van der Waals surface area contributed by atoms with E-state index in [0.717, 1.165) is 0 Å². The van der Waals surface area contributed by atoms with Gasteiger partial charge in [0, 0.05) is 0 Å². The van der Waals surface area contributed by atoms with Gasteiger partial charge < -0.3 is 18.9 Å². The molecule has 0 atom stereocenters. The highest BCUT2D eigenvalue weighted by atomic mass is 16.5. The van der Waals surface area contributed by atoms with Gasteiger partial charge in [0.05, 0.1) is 71.5 Å². The molecule has 3 rings (SSSR count). The van der Waals surface area contributed by atoms with Gasteiger partial charge in [-0.3, -0.25) is 0 Å². The van der Waals surface area contributed by atoms with Crippen LogP contribution in [-0.4, -0.2) is 61.7 Å². The number of carbonyl (C=O) groups is 4. The van der Waals surface area contributed by atoms with Crippen LogP contribution in [0.25, 0.3) is 0 Å². The highest BCUT2D eigenvalue weighted by Crippen LogP contribution is 2.24. The molecule has 0 N–H and O–H groups in total. The van der Waals surface area contributed by atoms with Gasteiger partial charge in [0.15, 0.2) is 0 Å². The van der Waals surface area contributed by atoms with Gasteiger partial charge in [-0.1, -0.05) is 0 Å². The lowest BCUT2D eigenvalue weighted by atomic mass is 9.95. The third-order valence-corrected chi connectivity index (χ3v) is 5.36. The normalized spacial score (nSPS) is 14.7. The molecule has 40 heavy (non-hydrogen) atoms. The second-order valence-corrected chi connectivity index (χ2v) is 8.09. The number of carbonyl (C=O) groups excluding carboxylic acids is 4. The second kappa shape index (κ2) is 14.3. The van der Waals surface area contributed by atoms with Crippen molar-refractivity contribution in [3.05, 3.63) is 83.0 Å². The monoisotopic (exact) mass is 546 g/mol. The van der Waals surface area contributed by atoms with Gasteiger partial charge in [-0.25, -0.2) is 29.2 Å². The Labute approximate surface area is 232 Å². The zero-order chi connectivity index (χ0) is 29.1. The van der Waals surface area contributed by atoms with Crippen molar-refractivity contribution >= 4 is 46.7 Å². The number of rotatable bonds is 10. The summed E-state index contributed by atoms with van der Waals surface area (Å²) >= 11 is 0. The van der Waals surface area contributed by atoms with Gasteiger partial charge in [0.25, 0.3) is 0 Å². The molecule has 0 fully saturated rings. The summed E-state index contributed by atoms with van der Waals surface area (Å²) in [7, 11) is 0. The SMILES string of the molecule is CCOC(=O)C1=CC(=Nc2ccc(C(=O)OCC)cc2)C(C(=O)OCC)=CC1=Nc1ccc(C(=O)OCC)cc1. The van der Waals surface area contributed by atoms with Crippen molar-refractivity contribution < 1.29 is 38.1 Å². The maximum absolute atomic E-state index is 12.9. The summed E-state index contributed by atoms with van der Waals surface area (Å²) in [4.78, 5) is 58.9. The molecule has 0 unspecified atom stereocenters. The Morgan fingerprint density at radius 1 is 0.500 bits per heavy atom. The number of ether oxygens (including phenoxy) is 4. The van der Waals surface area contributed by atoms with E-state index in [2.05, 4.69) is 9.98 Å². The molecule has 0 amide bonds. The van der Waals surface area contributed by atoms with E-state index in [1.807, 2.05) is 0 Å². The molecule has 1 aliphatic carbocycles. The summed E-state index contributed by atoms with van der Waals surface area (Å²) in [5.74, 6) is -2.25. The van der Waals surface area contributed by atoms with E-state index in [1.165, 1.54) is 12.2 Å². The van der Waals surface area contributed by atoms with Crippen molar-refractivity contribution in [3.8, 4) is 0 Å². The average molecular weight is 547 g/mol. The van der Waals surface area contributed by atoms with Gasteiger partial charge >= 0.3 is 23.9 Å². The zero-order valence-electron chi connectivity index (χ0n) is 22.8. The number of nitrogens with zero attached hydrogens (tertiary/aromatic N) is 2. The number of hydrogen-bond acceptors (Lipinski definition) is 10. The zero-order valence-corrected chi connectivity index (χ0v) is 22.8. The number of benzene rings is 2. The summed E-state index contributed by atoms with van der Waals surface area (Å²) in [6.45, 7) is 7.51. The van der Waals surface area contributed by atoms with Crippen molar-refractivity contribution in [2.45, 2.75) is 27.7 Å². The first kappa shape index (κ1) is 29.7. The fraction of sp³-hybridized carbons (Fsp3) is 0.267. The first-order valence-corrected chi connectivity index (χ1v) is 12.8. The first-order valence-electron chi connectivity index (χ1n) is 12.8. The van der Waals surface area contributed by atoms with Crippen LogP contribution < -0.4 is 0 Å². The Bertz CT molecular complexity index is 1280. The second-order valence-electron chi connectivity index (χ2n) is 8.09. The predicted molar refractivity (Wildman–Crippen MR) is 148 cm³/mol. The van der Waals surface area contributed by atoms with Gasteiger partial charge in [0.1, 0.15) is 0 Å². The van der Waals surface area contributed by atoms with Crippen molar-refractivity contribution in [1.29, 1.82) is 0 Å². The molecule has 0 spiro atoms. The Morgan fingerprint density at radius 3 is 1.10 bits per heavy atom. The fourth-order valence-electron chi connectivity index (χ4n) is 3.56. The molecular formula is C30H30N2O8. The van der Waals surface area contributed by atoms with Crippen LogP contribution in [0.1, 0.15) is 48.4 Å². The molecule has 0 aliphatic heterocycles. The third-order valence-electron chi connectivity index (χ3n) is 5.36. The average Bonchev–Trinajstić information content (AvgIpc) is 2.95. The van der Waals surface area contributed by atoms with Crippen LogP contribution in [0.2, 0.25) is 0 Å². The van der Waals surface area contributed by atoms with Crippen LogP contribution in [0.15, 0.2) is 81.8 Å². The van der Waals surface area contributed by atoms with E-state index in [9.17, 15) is 19.2 Å². The summed E-state index contributed by atoms with van der Waals surface area (Å²) in [6.07, 6.45) is 2.82. The smallest absolute Gasteiger partial charge is 0.340 e. The molecule has 10 nitrogen and oxygen atoms in total. The molecule has 2 aromatic rings. The fourth-order valence-corrected chi connectivity index (χ4v) is 3.56. The first-order chi connectivity index (χ1) is 19.3. The maximum atomic E-state index is 12.9. The number of hydrogen-bond donors (Lipinski definition) is 0. The molecule has 0 radical (unpaired) electrons. The van der Waals surface area contributed by atoms with E-state index in [-0.39, 0.29) is 49.0 Å². The van der Waals surface area contributed by atoms with Crippen molar-refractivity contribution in [2.24, 2.45) is 9.98 Å². The van der Waals surface area contributed by atoms with Crippen LogP contribution >= 0.6 is 0 Å². The van der Waals surface area contributed by atoms with E-state index in [0.29, 0.717) is 22.5 Å². The quantitative estimate of drug-likeness (QED) is 0.234. The lowest BCUT2D eigenvalue weighted by molar-refractivity contribution is -0.139. The van der Waals surface area contributed by atoms with Gasteiger partial charge in [-0.05, 0) is 88.4 Å². The molecule has 208 valence electrons. The Kier molecular flexibility index (Phi) is 10.6. The van der Waals surface area contributed by atoms with E-state index < -0.39 is 23.9 Å². The molecule has 0 heterocycles. The number of allylic oxidation sites excluding steroid dienone is 2. The minimum Gasteiger partial charge on any atom is -0.462 e. The molecule has 0 bridgehead atoms. The van der Waals surface area contributed by atoms with E-state index in [1.54, 1.807) is 76.2 Å². The Balaban J connectivity index is 2.08. The van der Waals surface area contributed by atoms with Crippen LogP contribution in [0.4, 0.5) is 11.4 Å². The third kappa shape index (κ3) is 7.59. The Morgan fingerprint density at radius 2 is 0.800 bits per heavy atom. The Hall–Kier alpha value is -4.86. The molecule has 0 saturated heterocycles. The summed E-state index contributed by atoms with van der Waals surface area (Å²) in [5, 5.41) is 0. The van der Waals surface area contributed by atoms with Crippen molar-refractivity contribution in [1.82, 2.24) is 0 Å². The lowest BCUT2D eigenvalue weighted by Crippen LogP contribution is -2.25. The van der Waals surface area contributed by atoms with Crippen LogP contribution in [0, 0.1) is 0 Å². The van der Waals surface area contributed by atoms with Crippen molar-refractivity contribution in [2.75, 3.05) is 26.4 Å². The number of esters is 4. The summed E-state index contributed by atoms with van der Waals surface area (Å²) in [6, 6.07) is 12.6.